The molecule has 3 rings (SSSR count). The molecule has 1 atom stereocenters. The number of hydrogen-bond donors (Lipinski definition) is 2. The Morgan fingerprint density at radius 3 is 2.39 bits per heavy atom. The smallest absolute Gasteiger partial charge is 0.261 e. The van der Waals surface area contributed by atoms with Gasteiger partial charge in [0.1, 0.15) is 17.5 Å². The first-order valence-electron chi connectivity index (χ1n) is 12.5. The fourth-order valence-corrected chi connectivity index (χ4v) is 4.42. The van der Waals surface area contributed by atoms with Gasteiger partial charge in [0.2, 0.25) is 11.8 Å². The summed E-state index contributed by atoms with van der Waals surface area (Å²) in [5.74, 6) is -0.0582. The molecule has 3 aromatic rings. The van der Waals surface area contributed by atoms with Crippen LogP contribution in [0.3, 0.4) is 0 Å². The molecule has 2 aromatic carbocycles. The number of thiophene rings is 1. The molecular formula is C29H35N3O5S. The number of nitrogens with one attached hydrogen (secondary N) is 2. The summed E-state index contributed by atoms with van der Waals surface area (Å²) in [5, 5.41) is 7.57. The van der Waals surface area contributed by atoms with Gasteiger partial charge in [-0.15, -0.1) is 11.3 Å². The first kappa shape index (κ1) is 28.7. The third-order valence-corrected chi connectivity index (χ3v) is 6.95. The number of benzene rings is 2. The average Bonchev–Trinajstić information content (AvgIpc) is 3.45. The highest BCUT2D eigenvalue weighted by Gasteiger charge is 2.35. The highest BCUT2D eigenvalue weighted by molar-refractivity contribution is 7.12. The Morgan fingerprint density at radius 1 is 1.00 bits per heavy atom. The molecule has 1 unspecified atom stereocenters. The third-order valence-electron chi connectivity index (χ3n) is 6.08. The molecule has 1 heterocycles. The maximum Gasteiger partial charge on any atom is 0.261 e. The zero-order valence-electron chi connectivity index (χ0n) is 22.4. The predicted octanol–water partition coefficient (Wildman–Crippen LogP) is 4.96. The first-order valence-corrected chi connectivity index (χ1v) is 13.4. The molecule has 0 aliphatic carbocycles. The van der Waals surface area contributed by atoms with Gasteiger partial charge in [0.15, 0.2) is 0 Å². The molecule has 0 fully saturated rings. The highest BCUT2D eigenvalue weighted by Crippen LogP contribution is 2.32. The van der Waals surface area contributed by atoms with Crippen molar-refractivity contribution in [3.8, 4) is 11.5 Å². The SMILES string of the molecule is CCOc1cccc(N(C(=O)CNC(=O)c2cccs2)C(C(=O)NC(C)(C)CC)c2cccc(OC)c2)c1. The van der Waals surface area contributed by atoms with Gasteiger partial charge in [0.05, 0.1) is 25.1 Å². The molecule has 0 radical (unpaired) electrons. The Kier molecular flexibility index (Phi) is 9.90. The van der Waals surface area contributed by atoms with Crippen molar-refractivity contribution in [3.63, 3.8) is 0 Å². The molecule has 0 aliphatic rings. The molecule has 0 saturated heterocycles. The van der Waals surface area contributed by atoms with Crippen LogP contribution in [0.15, 0.2) is 66.0 Å². The van der Waals surface area contributed by atoms with E-state index in [4.69, 9.17) is 9.47 Å². The van der Waals surface area contributed by atoms with E-state index in [9.17, 15) is 14.4 Å². The van der Waals surface area contributed by atoms with Crippen LogP contribution in [0, 0.1) is 0 Å². The van der Waals surface area contributed by atoms with E-state index in [-0.39, 0.29) is 18.4 Å². The molecule has 202 valence electrons. The lowest BCUT2D eigenvalue weighted by Crippen LogP contribution is -2.52. The minimum atomic E-state index is -1.04. The number of rotatable bonds is 12. The van der Waals surface area contributed by atoms with Crippen LogP contribution < -0.4 is 25.0 Å². The van der Waals surface area contributed by atoms with Crippen LogP contribution in [0.4, 0.5) is 5.69 Å². The Labute approximate surface area is 228 Å². The summed E-state index contributed by atoms with van der Waals surface area (Å²) < 4.78 is 11.1. The fraction of sp³-hybridized carbons (Fsp3) is 0.345. The molecule has 9 heteroatoms. The van der Waals surface area contributed by atoms with Gasteiger partial charge in [-0.25, -0.2) is 0 Å². The molecule has 0 spiro atoms. The predicted molar refractivity (Wildman–Crippen MR) is 150 cm³/mol. The normalized spacial score (nSPS) is 11.8. The molecule has 0 aliphatic heterocycles. The van der Waals surface area contributed by atoms with Crippen LogP contribution >= 0.6 is 11.3 Å². The summed E-state index contributed by atoms with van der Waals surface area (Å²) in [6.07, 6.45) is 0.689. The second-order valence-corrected chi connectivity index (χ2v) is 10.2. The molecule has 38 heavy (non-hydrogen) atoms. The maximum absolute atomic E-state index is 13.9. The zero-order valence-corrected chi connectivity index (χ0v) is 23.3. The van der Waals surface area contributed by atoms with Crippen LogP contribution in [-0.4, -0.2) is 43.5 Å². The molecule has 0 bridgehead atoms. The van der Waals surface area contributed by atoms with Crippen molar-refractivity contribution < 1.29 is 23.9 Å². The monoisotopic (exact) mass is 537 g/mol. The number of hydrogen-bond acceptors (Lipinski definition) is 6. The van der Waals surface area contributed by atoms with E-state index in [0.29, 0.717) is 40.7 Å². The summed E-state index contributed by atoms with van der Waals surface area (Å²) >= 11 is 1.28. The van der Waals surface area contributed by atoms with E-state index < -0.39 is 17.5 Å². The molecule has 3 amide bonds. The molecule has 0 saturated carbocycles. The van der Waals surface area contributed by atoms with Gasteiger partial charge in [0, 0.05) is 17.3 Å². The lowest BCUT2D eigenvalue weighted by Gasteiger charge is -2.35. The molecule has 8 nitrogen and oxygen atoms in total. The molecule has 2 N–H and O–H groups in total. The molecule has 1 aromatic heterocycles. The number of anilines is 1. The quantitative estimate of drug-likeness (QED) is 0.340. The van der Waals surface area contributed by atoms with E-state index in [1.165, 1.54) is 16.2 Å². The number of carbonyl (C=O) groups is 3. The summed E-state index contributed by atoms with van der Waals surface area (Å²) in [4.78, 5) is 42.3. The van der Waals surface area contributed by atoms with Crippen LogP contribution in [-0.2, 0) is 9.59 Å². The summed E-state index contributed by atoms with van der Waals surface area (Å²) in [5.41, 5.74) is 0.515. The average molecular weight is 538 g/mol. The Bertz CT molecular complexity index is 1240. The van der Waals surface area contributed by atoms with Gasteiger partial charge in [-0.2, -0.15) is 0 Å². The van der Waals surface area contributed by atoms with Gasteiger partial charge >= 0.3 is 0 Å². The summed E-state index contributed by atoms with van der Waals surface area (Å²) in [6.45, 7) is 7.84. The fourth-order valence-electron chi connectivity index (χ4n) is 3.78. The van der Waals surface area contributed by atoms with Crippen LogP contribution in [0.5, 0.6) is 11.5 Å². The van der Waals surface area contributed by atoms with Gasteiger partial charge in [-0.3, -0.25) is 19.3 Å². The van der Waals surface area contributed by atoms with Crippen molar-refractivity contribution >= 4 is 34.7 Å². The Hall–Kier alpha value is -3.85. The Balaban J connectivity index is 2.09. The molecular weight excluding hydrogens is 502 g/mol. The topological polar surface area (TPSA) is 97.0 Å². The largest absolute Gasteiger partial charge is 0.497 e. The number of ether oxygens (including phenoxy) is 2. The highest BCUT2D eigenvalue weighted by atomic mass is 32.1. The Morgan fingerprint density at radius 2 is 1.74 bits per heavy atom. The zero-order chi connectivity index (χ0) is 27.7. The number of nitrogens with zero attached hydrogens (tertiary/aromatic N) is 1. The van der Waals surface area contributed by atoms with E-state index >= 15 is 0 Å². The van der Waals surface area contributed by atoms with Crippen molar-refractivity contribution in [2.75, 3.05) is 25.2 Å². The summed E-state index contributed by atoms with van der Waals surface area (Å²) in [6, 6.07) is 16.5. The minimum Gasteiger partial charge on any atom is -0.497 e. The van der Waals surface area contributed by atoms with Crippen molar-refractivity contribution in [2.45, 2.75) is 45.7 Å². The second-order valence-electron chi connectivity index (χ2n) is 9.26. The number of amides is 3. The van der Waals surface area contributed by atoms with Crippen molar-refractivity contribution in [3.05, 3.63) is 76.5 Å². The minimum absolute atomic E-state index is 0.305. The van der Waals surface area contributed by atoms with Crippen molar-refractivity contribution in [1.29, 1.82) is 0 Å². The summed E-state index contributed by atoms with van der Waals surface area (Å²) in [7, 11) is 1.54. The standard InChI is InChI=1S/C29H35N3O5S/c1-6-29(3,4)31-28(35)26(20-11-8-13-22(17-20)36-5)32(21-12-9-14-23(18-21)37-7-2)25(33)19-30-27(34)24-15-10-16-38-24/h8-18,26H,6-7,19H2,1-5H3,(H,30,34)(H,31,35). The van der Waals surface area contributed by atoms with E-state index in [0.717, 1.165) is 0 Å². The van der Waals surface area contributed by atoms with Crippen LogP contribution in [0.2, 0.25) is 0 Å². The van der Waals surface area contributed by atoms with Crippen molar-refractivity contribution in [1.82, 2.24) is 10.6 Å². The van der Waals surface area contributed by atoms with Gasteiger partial charge in [-0.1, -0.05) is 31.2 Å². The van der Waals surface area contributed by atoms with E-state index in [2.05, 4.69) is 10.6 Å². The van der Waals surface area contributed by atoms with Crippen molar-refractivity contribution in [2.24, 2.45) is 0 Å². The van der Waals surface area contributed by atoms with Crippen LogP contribution in [0.25, 0.3) is 0 Å². The number of methoxy groups -OCH3 is 1. The van der Waals surface area contributed by atoms with Gasteiger partial charge in [0.25, 0.3) is 5.91 Å². The van der Waals surface area contributed by atoms with Crippen LogP contribution in [0.1, 0.15) is 55.4 Å². The number of carbonyl (C=O) groups excluding carboxylic acids is 3. The van der Waals surface area contributed by atoms with E-state index in [1.54, 1.807) is 73.2 Å². The third kappa shape index (κ3) is 7.35. The lowest BCUT2D eigenvalue weighted by atomic mass is 9.98. The maximum atomic E-state index is 13.9. The van der Waals surface area contributed by atoms with Gasteiger partial charge < -0.3 is 20.1 Å². The van der Waals surface area contributed by atoms with Gasteiger partial charge in [-0.05, 0) is 68.5 Å². The second kappa shape index (κ2) is 13.1. The lowest BCUT2D eigenvalue weighted by molar-refractivity contribution is -0.127. The van der Waals surface area contributed by atoms with E-state index in [1.807, 2.05) is 27.7 Å². The first-order chi connectivity index (χ1) is 18.2.